The molecule has 0 heterocycles. The Labute approximate surface area is 111 Å². The van der Waals surface area contributed by atoms with Gasteiger partial charge in [-0.15, -0.1) is 0 Å². The summed E-state index contributed by atoms with van der Waals surface area (Å²) in [6.07, 6.45) is 7.34. The van der Waals surface area contributed by atoms with Gasteiger partial charge in [-0.2, -0.15) is 17.9 Å². The highest BCUT2D eigenvalue weighted by Gasteiger charge is 2.33. The lowest BCUT2D eigenvalue weighted by molar-refractivity contribution is 0.294. The summed E-state index contributed by atoms with van der Waals surface area (Å²) < 4.78 is 29.3. The molecule has 0 aromatic carbocycles. The third kappa shape index (κ3) is 5.22. The molecule has 0 spiro atoms. The molecule has 0 aromatic rings. The molecule has 0 radical (unpaired) electrons. The summed E-state index contributed by atoms with van der Waals surface area (Å²) in [7, 11) is -3.46. The summed E-state index contributed by atoms with van der Waals surface area (Å²) in [4.78, 5) is 0. The van der Waals surface area contributed by atoms with Crippen LogP contribution in [0.2, 0.25) is 0 Å². The molecule has 0 aromatic heterocycles. The van der Waals surface area contributed by atoms with Crippen molar-refractivity contribution in [2.45, 2.75) is 70.4 Å². The lowest BCUT2D eigenvalue weighted by atomic mass is 9.85. The quantitative estimate of drug-likeness (QED) is 0.707. The minimum Gasteiger partial charge on any atom is -0.329 e. The Bertz CT molecular complexity index is 333. The van der Waals surface area contributed by atoms with Gasteiger partial charge in [0.15, 0.2) is 0 Å². The van der Waals surface area contributed by atoms with E-state index in [0.29, 0.717) is 6.54 Å². The van der Waals surface area contributed by atoms with Crippen molar-refractivity contribution in [2.75, 3.05) is 6.54 Å². The van der Waals surface area contributed by atoms with E-state index >= 15 is 0 Å². The van der Waals surface area contributed by atoms with Crippen molar-refractivity contribution in [3.8, 4) is 0 Å². The first-order valence-corrected chi connectivity index (χ1v) is 8.39. The Hall–Kier alpha value is -0.170. The van der Waals surface area contributed by atoms with Crippen LogP contribution in [0.25, 0.3) is 0 Å². The van der Waals surface area contributed by atoms with Gasteiger partial charge in [0, 0.05) is 18.1 Å². The Kier molecular flexibility index (Phi) is 6.04. The normalized spacial score (nSPS) is 21.6. The molecule has 0 unspecified atom stereocenters. The van der Waals surface area contributed by atoms with Gasteiger partial charge in [-0.25, -0.2) is 0 Å². The number of rotatable bonds is 5. The molecule has 108 valence electrons. The molecular weight excluding hydrogens is 250 g/mol. The molecular formula is C12H27N3O2S. The van der Waals surface area contributed by atoms with E-state index in [2.05, 4.69) is 9.44 Å². The van der Waals surface area contributed by atoms with Crippen molar-refractivity contribution in [3.63, 3.8) is 0 Å². The van der Waals surface area contributed by atoms with Crippen molar-refractivity contribution in [1.82, 2.24) is 9.44 Å². The first-order valence-electron chi connectivity index (χ1n) is 6.90. The molecule has 18 heavy (non-hydrogen) atoms. The Morgan fingerprint density at radius 3 is 2.06 bits per heavy atom. The van der Waals surface area contributed by atoms with Gasteiger partial charge in [0.2, 0.25) is 0 Å². The van der Waals surface area contributed by atoms with E-state index in [1.165, 1.54) is 19.3 Å². The van der Waals surface area contributed by atoms with Gasteiger partial charge in [-0.1, -0.05) is 32.1 Å². The number of hydrogen-bond acceptors (Lipinski definition) is 3. The smallest absolute Gasteiger partial charge is 0.277 e. The third-order valence-corrected chi connectivity index (χ3v) is 4.93. The van der Waals surface area contributed by atoms with Gasteiger partial charge in [-0.3, -0.25) is 0 Å². The van der Waals surface area contributed by atoms with Crippen LogP contribution in [0.3, 0.4) is 0 Å². The number of hydrogen-bond donors (Lipinski definition) is 3. The van der Waals surface area contributed by atoms with E-state index < -0.39 is 15.7 Å². The van der Waals surface area contributed by atoms with Gasteiger partial charge in [0.1, 0.15) is 0 Å². The minimum atomic E-state index is -3.46. The van der Waals surface area contributed by atoms with Crippen molar-refractivity contribution < 1.29 is 8.42 Å². The van der Waals surface area contributed by atoms with Crippen molar-refractivity contribution in [3.05, 3.63) is 0 Å². The number of nitrogens with one attached hydrogen (secondary N) is 2. The van der Waals surface area contributed by atoms with Crippen LogP contribution in [-0.2, 0) is 10.2 Å². The number of nitrogens with two attached hydrogens (primary N) is 1. The summed E-state index contributed by atoms with van der Waals surface area (Å²) in [5, 5.41) is 0. The zero-order valence-corrected chi connectivity index (χ0v) is 12.4. The van der Waals surface area contributed by atoms with Crippen LogP contribution in [0.1, 0.15) is 58.8 Å². The highest BCUT2D eigenvalue weighted by Crippen LogP contribution is 2.26. The first-order chi connectivity index (χ1) is 8.39. The predicted octanol–water partition coefficient (Wildman–Crippen LogP) is 1.26. The second-order valence-electron chi connectivity index (χ2n) is 5.63. The van der Waals surface area contributed by atoms with Crippen LogP contribution in [0.4, 0.5) is 0 Å². The average Bonchev–Trinajstić information content (AvgIpc) is 2.20. The van der Waals surface area contributed by atoms with Gasteiger partial charge in [0.05, 0.1) is 0 Å². The molecule has 1 rings (SSSR count). The van der Waals surface area contributed by atoms with Crippen LogP contribution in [0.5, 0.6) is 0 Å². The monoisotopic (exact) mass is 277 g/mol. The van der Waals surface area contributed by atoms with E-state index in [0.717, 1.165) is 25.7 Å². The van der Waals surface area contributed by atoms with Crippen LogP contribution in [0, 0.1) is 0 Å². The first kappa shape index (κ1) is 15.9. The Balaban J connectivity index is 2.73. The van der Waals surface area contributed by atoms with Crippen molar-refractivity contribution in [1.29, 1.82) is 0 Å². The van der Waals surface area contributed by atoms with Gasteiger partial charge in [0.25, 0.3) is 10.2 Å². The fourth-order valence-corrected chi connectivity index (χ4v) is 4.09. The molecule has 1 aliphatic rings. The van der Waals surface area contributed by atoms with Crippen LogP contribution in [0.15, 0.2) is 0 Å². The SMILES string of the molecule is CC(C)NS(=O)(=O)NC1(CN)CCCCCCC1. The van der Waals surface area contributed by atoms with Crippen LogP contribution < -0.4 is 15.2 Å². The fourth-order valence-electron chi connectivity index (χ4n) is 2.55. The second kappa shape index (κ2) is 6.84. The molecule has 4 N–H and O–H groups in total. The van der Waals surface area contributed by atoms with E-state index in [1.54, 1.807) is 0 Å². The predicted molar refractivity (Wildman–Crippen MR) is 74.4 cm³/mol. The minimum absolute atomic E-state index is 0.106. The zero-order valence-electron chi connectivity index (χ0n) is 11.5. The molecule has 5 nitrogen and oxygen atoms in total. The summed E-state index contributed by atoms with van der Waals surface area (Å²) >= 11 is 0. The van der Waals surface area contributed by atoms with Crippen LogP contribution >= 0.6 is 0 Å². The highest BCUT2D eigenvalue weighted by molar-refractivity contribution is 7.87. The molecule has 0 saturated heterocycles. The average molecular weight is 277 g/mol. The van der Waals surface area contributed by atoms with Crippen molar-refractivity contribution in [2.24, 2.45) is 5.73 Å². The third-order valence-electron chi connectivity index (χ3n) is 3.44. The topological polar surface area (TPSA) is 84.2 Å². The molecule has 1 fully saturated rings. The summed E-state index contributed by atoms with van der Waals surface area (Å²) in [5.41, 5.74) is 5.38. The van der Waals surface area contributed by atoms with Crippen LogP contribution in [-0.4, -0.2) is 26.5 Å². The largest absolute Gasteiger partial charge is 0.329 e. The van der Waals surface area contributed by atoms with Gasteiger partial charge < -0.3 is 5.73 Å². The molecule has 0 aliphatic heterocycles. The van der Waals surface area contributed by atoms with Gasteiger partial charge >= 0.3 is 0 Å². The Morgan fingerprint density at radius 2 is 1.61 bits per heavy atom. The summed E-state index contributed by atoms with van der Waals surface area (Å²) in [6.45, 7) is 3.99. The maximum absolute atomic E-state index is 12.0. The molecule has 0 amide bonds. The molecule has 0 atom stereocenters. The second-order valence-corrected chi connectivity index (χ2v) is 7.08. The lowest BCUT2D eigenvalue weighted by Gasteiger charge is -2.35. The van der Waals surface area contributed by atoms with Crippen molar-refractivity contribution >= 4 is 10.2 Å². The van der Waals surface area contributed by atoms with E-state index in [1.807, 2.05) is 13.8 Å². The fraction of sp³-hybridized carbons (Fsp3) is 1.00. The van der Waals surface area contributed by atoms with E-state index in [-0.39, 0.29) is 6.04 Å². The molecule has 1 aliphatic carbocycles. The maximum Gasteiger partial charge on any atom is 0.277 e. The summed E-state index contributed by atoms with van der Waals surface area (Å²) in [6, 6.07) is -0.106. The molecule has 0 bridgehead atoms. The lowest BCUT2D eigenvalue weighted by Crippen LogP contribution is -2.57. The van der Waals surface area contributed by atoms with Gasteiger partial charge in [-0.05, 0) is 26.7 Å². The Morgan fingerprint density at radius 1 is 1.11 bits per heavy atom. The zero-order chi connectivity index (χ0) is 13.6. The van der Waals surface area contributed by atoms with E-state index in [4.69, 9.17) is 5.73 Å². The molecule has 6 heteroatoms. The standard InChI is InChI=1S/C12H27N3O2S/c1-11(2)14-18(16,17)15-12(10-13)8-6-4-3-5-7-9-12/h11,14-15H,3-10,13H2,1-2H3. The van der Waals surface area contributed by atoms with E-state index in [9.17, 15) is 8.42 Å². The highest BCUT2D eigenvalue weighted by atomic mass is 32.2. The summed E-state index contributed by atoms with van der Waals surface area (Å²) in [5.74, 6) is 0. The maximum atomic E-state index is 12.0. The molecule has 1 saturated carbocycles.